The molecule has 3 N–H and O–H groups in total. The van der Waals surface area contributed by atoms with Gasteiger partial charge >= 0.3 is 5.69 Å². The fourth-order valence-corrected chi connectivity index (χ4v) is 4.47. The number of benzene rings is 1. The summed E-state index contributed by atoms with van der Waals surface area (Å²) in [5, 5.41) is 3.57. The van der Waals surface area contributed by atoms with Gasteiger partial charge in [-0.3, -0.25) is 14.2 Å². The third-order valence-corrected chi connectivity index (χ3v) is 6.05. The molecule has 1 saturated heterocycles. The first-order valence-corrected chi connectivity index (χ1v) is 11.0. The summed E-state index contributed by atoms with van der Waals surface area (Å²) in [6.45, 7) is 0.942. The van der Waals surface area contributed by atoms with Gasteiger partial charge in [-0.05, 0) is 31.0 Å². The molecule has 4 aromatic rings. The highest BCUT2D eigenvalue weighted by molar-refractivity contribution is 6.03. The van der Waals surface area contributed by atoms with Gasteiger partial charge in [0.05, 0.1) is 30.4 Å². The van der Waals surface area contributed by atoms with Gasteiger partial charge in [-0.2, -0.15) is 0 Å². The maximum absolute atomic E-state index is 12.8. The van der Waals surface area contributed by atoms with Crippen molar-refractivity contribution >= 4 is 39.6 Å². The van der Waals surface area contributed by atoms with Gasteiger partial charge in [0.25, 0.3) is 0 Å². The minimum Gasteiger partial charge on any atom is -0.497 e. The molecule has 1 atom stereocenters. The molecular formula is C24H24N6O4. The van der Waals surface area contributed by atoms with Crippen molar-refractivity contribution in [3.63, 3.8) is 0 Å². The van der Waals surface area contributed by atoms with Crippen LogP contribution in [0.2, 0.25) is 0 Å². The first-order chi connectivity index (χ1) is 16.5. The zero-order valence-corrected chi connectivity index (χ0v) is 18.6. The Bertz CT molecular complexity index is 1460. The molecular weight excluding hydrogens is 436 g/mol. The zero-order chi connectivity index (χ0) is 23.7. The van der Waals surface area contributed by atoms with Gasteiger partial charge in [-0.25, -0.2) is 9.78 Å². The number of fused-ring (bicyclic) bond motifs is 3. The number of piperidine rings is 1. The summed E-state index contributed by atoms with van der Waals surface area (Å²) in [5.41, 5.74) is 2.49. The van der Waals surface area contributed by atoms with Crippen LogP contribution in [0.3, 0.4) is 0 Å². The predicted molar refractivity (Wildman–Crippen MR) is 128 cm³/mol. The first-order valence-electron chi connectivity index (χ1n) is 11.0. The number of ether oxygens (including phenoxy) is 1. The van der Waals surface area contributed by atoms with Crippen LogP contribution >= 0.6 is 0 Å². The SMILES string of the molecule is COc1cccc(NC(=O)/C=C\C(=O)N2CCCC(n3c(=O)[nH]c4cnc5[nH]ccc5c43)C2)c1. The number of carbonyl (C=O) groups excluding carboxylic acids is 2. The van der Waals surface area contributed by atoms with E-state index in [2.05, 4.69) is 20.3 Å². The number of hydrogen-bond acceptors (Lipinski definition) is 5. The predicted octanol–water partition coefficient (Wildman–Crippen LogP) is 2.57. The molecule has 1 unspecified atom stereocenters. The highest BCUT2D eigenvalue weighted by Gasteiger charge is 2.27. The largest absolute Gasteiger partial charge is 0.497 e. The number of likely N-dealkylation sites (tertiary alicyclic amines) is 1. The Labute approximate surface area is 194 Å². The number of anilines is 1. The van der Waals surface area contributed by atoms with Crippen molar-refractivity contribution in [2.75, 3.05) is 25.5 Å². The highest BCUT2D eigenvalue weighted by Crippen LogP contribution is 2.28. The van der Waals surface area contributed by atoms with Crippen molar-refractivity contribution in [3.8, 4) is 5.75 Å². The lowest BCUT2D eigenvalue weighted by molar-refractivity contribution is -0.127. The van der Waals surface area contributed by atoms with Crippen molar-refractivity contribution in [2.24, 2.45) is 0 Å². The molecule has 0 spiro atoms. The minimum atomic E-state index is -0.412. The van der Waals surface area contributed by atoms with Gasteiger partial charge in [-0.1, -0.05) is 6.07 Å². The second kappa shape index (κ2) is 8.89. The summed E-state index contributed by atoms with van der Waals surface area (Å²) in [7, 11) is 1.55. The maximum Gasteiger partial charge on any atom is 0.326 e. The number of hydrogen-bond donors (Lipinski definition) is 3. The molecule has 0 radical (unpaired) electrons. The third kappa shape index (κ3) is 4.05. The third-order valence-electron chi connectivity index (χ3n) is 6.05. The average molecular weight is 460 g/mol. The van der Waals surface area contributed by atoms with E-state index in [1.165, 1.54) is 12.2 Å². The van der Waals surface area contributed by atoms with Crippen molar-refractivity contribution in [2.45, 2.75) is 18.9 Å². The molecule has 4 heterocycles. The average Bonchev–Trinajstić information content (AvgIpc) is 3.46. The Morgan fingerprint density at radius 1 is 1.26 bits per heavy atom. The Balaban J connectivity index is 1.31. The van der Waals surface area contributed by atoms with Gasteiger partial charge in [0.2, 0.25) is 11.8 Å². The molecule has 174 valence electrons. The molecule has 10 heteroatoms. The highest BCUT2D eigenvalue weighted by atomic mass is 16.5. The van der Waals surface area contributed by atoms with E-state index in [9.17, 15) is 14.4 Å². The Morgan fingerprint density at radius 2 is 2.15 bits per heavy atom. The second-order valence-electron chi connectivity index (χ2n) is 8.20. The summed E-state index contributed by atoms with van der Waals surface area (Å²) in [6, 6.07) is 8.68. The van der Waals surface area contributed by atoms with E-state index in [0.717, 1.165) is 23.7 Å². The van der Waals surface area contributed by atoms with Crippen LogP contribution in [0, 0.1) is 0 Å². The Morgan fingerprint density at radius 3 is 3.00 bits per heavy atom. The van der Waals surface area contributed by atoms with Crippen LogP contribution < -0.4 is 15.7 Å². The van der Waals surface area contributed by atoms with Crippen LogP contribution in [0.1, 0.15) is 18.9 Å². The molecule has 5 rings (SSSR count). The number of nitrogens with one attached hydrogen (secondary N) is 3. The summed E-state index contributed by atoms with van der Waals surface area (Å²) < 4.78 is 6.88. The number of aromatic amines is 2. The van der Waals surface area contributed by atoms with Gasteiger partial charge in [0, 0.05) is 48.6 Å². The quantitative estimate of drug-likeness (QED) is 0.395. The molecule has 0 aliphatic carbocycles. The van der Waals surface area contributed by atoms with E-state index in [0.29, 0.717) is 35.7 Å². The fourth-order valence-electron chi connectivity index (χ4n) is 4.47. The number of pyridine rings is 1. The summed E-state index contributed by atoms with van der Waals surface area (Å²) in [4.78, 5) is 49.8. The number of carbonyl (C=O) groups is 2. The topological polar surface area (TPSA) is 125 Å². The van der Waals surface area contributed by atoms with Gasteiger partial charge < -0.3 is 24.9 Å². The lowest BCUT2D eigenvalue weighted by atomic mass is 10.0. The number of nitrogens with zero attached hydrogens (tertiary/aromatic N) is 3. The normalized spacial score (nSPS) is 16.4. The van der Waals surface area contributed by atoms with Crippen LogP contribution in [-0.2, 0) is 9.59 Å². The van der Waals surface area contributed by atoms with E-state index in [1.54, 1.807) is 53.2 Å². The molecule has 0 bridgehead atoms. The standard InChI is InChI=1S/C24H24N6O4/c1-34-17-6-2-4-15(12-17)27-20(31)7-8-21(32)29-11-3-5-16(14-29)30-22-18-9-10-25-23(18)26-13-19(22)28-24(30)33/h2,4,6-10,12-13,16H,3,5,11,14H2,1H3,(H,25,26)(H,27,31)(H,28,33)/b8-7-. The molecule has 1 fully saturated rings. The minimum absolute atomic E-state index is 0.182. The molecule has 1 aliphatic heterocycles. The maximum atomic E-state index is 12.8. The number of methoxy groups -OCH3 is 1. The number of imidazole rings is 1. The van der Waals surface area contributed by atoms with E-state index >= 15 is 0 Å². The van der Waals surface area contributed by atoms with Crippen molar-refractivity contribution in [1.82, 2.24) is 24.4 Å². The molecule has 1 aromatic carbocycles. The number of aromatic nitrogens is 4. The number of H-pyrrole nitrogens is 2. The molecule has 3 aromatic heterocycles. The smallest absolute Gasteiger partial charge is 0.326 e. The van der Waals surface area contributed by atoms with Gasteiger partial charge in [-0.15, -0.1) is 0 Å². The van der Waals surface area contributed by atoms with Crippen LogP contribution in [-0.4, -0.2) is 56.4 Å². The zero-order valence-electron chi connectivity index (χ0n) is 18.6. The molecule has 34 heavy (non-hydrogen) atoms. The van der Waals surface area contributed by atoms with E-state index in [1.807, 2.05) is 6.07 Å². The molecule has 1 aliphatic rings. The Hall–Kier alpha value is -4.34. The van der Waals surface area contributed by atoms with Gasteiger partial charge in [0.15, 0.2) is 0 Å². The lowest BCUT2D eigenvalue weighted by Gasteiger charge is -2.32. The Kier molecular flexibility index (Phi) is 5.62. The summed E-state index contributed by atoms with van der Waals surface area (Å²) >= 11 is 0. The summed E-state index contributed by atoms with van der Waals surface area (Å²) in [5.74, 6) is -0.0605. The molecule has 0 saturated carbocycles. The van der Waals surface area contributed by atoms with Crippen LogP contribution in [0.15, 0.2) is 59.7 Å². The van der Waals surface area contributed by atoms with Gasteiger partial charge in [0.1, 0.15) is 11.4 Å². The van der Waals surface area contributed by atoms with Crippen LogP contribution in [0.4, 0.5) is 5.69 Å². The molecule has 10 nitrogen and oxygen atoms in total. The number of amides is 2. The van der Waals surface area contributed by atoms with E-state index < -0.39 is 5.91 Å². The lowest BCUT2D eigenvalue weighted by Crippen LogP contribution is -2.41. The van der Waals surface area contributed by atoms with E-state index in [4.69, 9.17) is 4.74 Å². The van der Waals surface area contributed by atoms with Crippen LogP contribution in [0.5, 0.6) is 5.75 Å². The summed E-state index contributed by atoms with van der Waals surface area (Å²) in [6.07, 6.45) is 7.44. The van der Waals surface area contributed by atoms with Crippen molar-refractivity contribution < 1.29 is 14.3 Å². The van der Waals surface area contributed by atoms with Crippen molar-refractivity contribution in [3.05, 3.63) is 65.4 Å². The molecule has 2 amide bonds. The number of rotatable bonds is 5. The van der Waals surface area contributed by atoms with Crippen molar-refractivity contribution in [1.29, 1.82) is 0 Å². The first kappa shape index (κ1) is 21.5. The fraction of sp³-hybridized carbons (Fsp3) is 0.250. The monoisotopic (exact) mass is 460 g/mol. The van der Waals surface area contributed by atoms with E-state index in [-0.39, 0.29) is 17.6 Å². The second-order valence-corrected chi connectivity index (χ2v) is 8.20. The van der Waals surface area contributed by atoms with Crippen LogP contribution in [0.25, 0.3) is 22.1 Å².